The highest BCUT2D eigenvalue weighted by Gasteiger charge is 2.41. The second-order valence-corrected chi connectivity index (χ2v) is 5.88. The summed E-state index contributed by atoms with van der Waals surface area (Å²) in [6.07, 6.45) is 2.57. The molecule has 1 amide bonds. The van der Waals surface area contributed by atoms with Crippen molar-refractivity contribution in [3.63, 3.8) is 0 Å². The highest BCUT2D eigenvalue weighted by atomic mass is 79.9. The molecule has 0 saturated heterocycles. The van der Waals surface area contributed by atoms with Crippen LogP contribution in [0.4, 0.5) is 8.78 Å². The van der Waals surface area contributed by atoms with E-state index in [1.807, 2.05) is 4.90 Å². The van der Waals surface area contributed by atoms with Crippen molar-refractivity contribution in [2.45, 2.75) is 50.5 Å². The summed E-state index contributed by atoms with van der Waals surface area (Å²) in [6.45, 7) is 0.705. The fourth-order valence-corrected chi connectivity index (χ4v) is 2.85. The Morgan fingerprint density at radius 3 is 2.29 bits per heavy atom. The molecule has 0 unspecified atom stereocenters. The summed E-state index contributed by atoms with van der Waals surface area (Å²) in [5.74, 6) is -2.62. The average Bonchev–Trinajstić information content (AvgIpc) is 3.09. The van der Waals surface area contributed by atoms with Gasteiger partial charge in [0.2, 0.25) is 11.8 Å². The van der Waals surface area contributed by atoms with Crippen molar-refractivity contribution in [3.8, 4) is 0 Å². The Morgan fingerprint density at radius 1 is 1.24 bits per heavy atom. The number of amides is 1. The SMILES string of the molecule is O=C(C1CCC(F)(F)CC1)N(CCBr)C1CC1. The first-order valence-electron chi connectivity index (χ1n) is 6.28. The molecule has 0 N–H and O–H groups in total. The summed E-state index contributed by atoms with van der Waals surface area (Å²) in [4.78, 5) is 14.1. The maximum absolute atomic E-state index is 13.0. The number of rotatable bonds is 4. The zero-order chi connectivity index (χ0) is 12.5. The molecule has 98 valence electrons. The minimum absolute atomic E-state index is 0.0995. The van der Waals surface area contributed by atoms with Crippen LogP contribution in [0.2, 0.25) is 0 Å². The van der Waals surface area contributed by atoms with Crippen molar-refractivity contribution < 1.29 is 13.6 Å². The van der Waals surface area contributed by atoms with Crippen LogP contribution in [-0.4, -0.2) is 34.6 Å². The molecule has 0 aromatic carbocycles. The summed E-state index contributed by atoms with van der Waals surface area (Å²) >= 11 is 3.34. The quantitative estimate of drug-likeness (QED) is 0.730. The van der Waals surface area contributed by atoms with Crippen molar-refractivity contribution in [2.75, 3.05) is 11.9 Å². The lowest BCUT2D eigenvalue weighted by atomic mass is 9.86. The third-order valence-electron chi connectivity index (χ3n) is 3.66. The fraction of sp³-hybridized carbons (Fsp3) is 0.917. The molecule has 0 spiro atoms. The van der Waals surface area contributed by atoms with Gasteiger partial charge in [0, 0.05) is 36.7 Å². The molecule has 2 fully saturated rings. The Morgan fingerprint density at radius 2 is 1.82 bits per heavy atom. The molecule has 2 aliphatic carbocycles. The van der Waals surface area contributed by atoms with E-state index in [1.54, 1.807) is 0 Å². The van der Waals surface area contributed by atoms with Crippen LogP contribution in [0.15, 0.2) is 0 Å². The number of halogens is 3. The molecule has 2 aliphatic rings. The predicted octanol–water partition coefficient (Wildman–Crippen LogP) is 3.20. The molecule has 5 heteroatoms. The van der Waals surface area contributed by atoms with Gasteiger partial charge in [-0.1, -0.05) is 15.9 Å². The lowest BCUT2D eigenvalue weighted by Gasteiger charge is -2.32. The van der Waals surface area contributed by atoms with E-state index in [-0.39, 0.29) is 24.7 Å². The number of hydrogen-bond donors (Lipinski definition) is 0. The molecule has 0 heterocycles. The van der Waals surface area contributed by atoms with E-state index in [9.17, 15) is 13.6 Å². The number of carbonyl (C=O) groups is 1. The lowest BCUT2D eigenvalue weighted by molar-refractivity contribution is -0.140. The van der Waals surface area contributed by atoms with Crippen molar-refractivity contribution >= 4 is 21.8 Å². The van der Waals surface area contributed by atoms with Crippen molar-refractivity contribution in [1.29, 1.82) is 0 Å². The van der Waals surface area contributed by atoms with Gasteiger partial charge in [0.1, 0.15) is 0 Å². The van der Waals surface area contributed by atoms with E-state index >= 15 is 0 Å². The van der Waals surface area contributed by atoms with Crippen LogP contribution in [0.3, 0.4) is 0 Å². The Kier molecular flexibility index (Phi) is 4.06. The van der Waals surface area contributed by atoms with Gasteiger partial charge < -0.3 is 4.90 Å². The van der Waals surface area contributed by atoms with Crippen molar-refractivity contribution in [1.82, 2.24) is 4.90 Å². The minimum Gasteiger partial charge on any atom is -0.339 e. The Hall–Kier alpha value is -0.190. The molecular weight excluding hydrogens is 292 g/mol. The molecule has 2 rings (SSSR count). The Labute approximate surface area is 109 Å². The predicted molar refractivity (Wildman–Crippen MR) is 65.4 cm³/mol. The van der Waals surface area contributed by atoms with Gasteiger partial charge in [-0.25, -0.2) is 8.78 Å². The van der Waals surface area contributed by atoms with Crippen LogP contribution < -0.4 is 0 Å². The zero-order valence-corrected chi connectivity index (χ0v) is 11.4. The molecule has 0 aromatic rings. The van der Waals surface area contributed by atoms with Gasteiger partial charge in [0.15, 0.2) is 0 Å². The summed E-state index contributed by atoms with van der Waals surface area (Å²) in [6, 6.07) is 0.377. The van der Waals surface area contributed by atoms with Gasteiger partial charge in [0.05, 0.1) is 0 Å². The standard InChI is InChI=1S/C12H18BrF2NO/c13-7-8-16(10-1-2-10)11(17)9-3-5-12(14,15)6-4-9/h9-10H,1-8H2. The van der Waals surface area contributed by atoms with E-state index in [4.69, 9.17) is 0 Å². The maximum Gasteiger partial charge on any atom is 0.248 e. The van der Waals surface area contributed by atoms with Crippen LogP contribution in [-0.2, 0) is 4.79 Å². The minimum atomic E-state index is -2.55. The molecule has 0 radical (unpaired) electrons. The van der Waals surface area contributed by atoms with E-state index in [0.717, 1.165) is 18.2 Å². The molecule has 17 heavy (non-hydrogen) atoms. The van der Waals surface area contributed by atoms with Gasteiger partial charge in [0.25, 0.3) is 0 Å². The topological polar surface area (TPSA) is 20.3 Å². The van der Waals surface area contributed by atoms with Gasteiger partial charge in [-0.15, -0.1) is 0 Å². The zero-order valence-electron chi connectivity index (χ0n) is 9.80. The average molecular weight is 310 g/mol. The summed E-state index contributed by atoms with van der Waals surface area (Å²) in [5.41, 5.74) is 0. The van der Waals surface area contributed by atoms with Gasteiger partial charge in [-0.3, -0.25) is 4.79 Å². The normalized spacial score (nSPS) is 24.6. The fourth-order valence-electron chi connectivity index (χ4n) is 2.47. The molecule has 0 atom stereocenters. The first kappa shape index (κ1) is 13.2. The second-order valence-electron chi connectivity index (χ2n) is 5.08. The summed E-state index contributed by atoms with van der Waals surface area (Å²) in [7, 11) is 0. The van der Waals surface area contributed by atoms with Crippen molar-refractivity contribution in [2.24, 2.45) is 5.92 Å². The number of carbonyl (C=O) groups excluding carboxylic acids is 1. The molecule has 0 aliphatic heterocycles. The molecule has 2 saturated carbocycles. The van der Waals surface area contributed by atoms with Gasteiger partial charge in [-0.2, -0.15) is 0 Å². The Bertz CT molecular complexity index is 284. The maximum atomic E-state index is 13.0. The third kappa shape index (κ3) is 3.39. The highest BCUT2D eigenvalue weighted by molar-refractivity contribution is 9.09. The molecule has 0 aromatic heterocycles. The Balaban J connectivity index is 1.90. The van der Waals surface area contributed by atoms with E-state index in [0.29, 0.717) is 25.4 Å². The van der Waals surface area contributed by atoms with Crippen LogP contribution in [0.1, 0.15) is 38.5 Å². The van der Waals surface area contributed by atoms with Crippen LogP contribution in [0.25, 0.3) is 0 Å². The third-order valence-corrected chi connectivity index (χ3v) is 4.02. The summed E-state index contributed by atoms with van der Waals surface area (Å²) in [5, 5.41) is 0.762. The van der Waals surface area contributed by atoms with E-state index < -0.39 is 5.92 Å². The van der Waals surface area contributed by atoms with Crippen molar-refractivity contribution in [3.05, 3.63) is 0 Å². The van der Waals surface area contributed by atoms with Crippen LogP contribution >= 0.6 is 15.9 Å². The lowest BCUT2D eigenvalue weighted by Crippen LogP contribution is -2.41. The van der Waals surface area contributed by atoms with Gasteiger partial charge >= 0.3 is 0 Å². The number of alkyl halides is 3. The first-order chi connectivity index (χ1) is 8.03. The van der Waals surface area contributed by atoms with Crippen LogP contribution in [0.5, 0.6) is 0 Å². The molecule has 2 nitrogen and oxygen atoms in total. The number of hydrogen-bond acceptors (Lipinski definition) is 1. The van der Waals surface area contributed by atoms with Crippen LogP contribution in [0, 0.1) is 5.92 Å². The molecule has 0 bridgehead atoms. The largest absolute Gasteiger partial charge is 0.339 e. The van der Waals surface area contributed by atoms with E-state index in [2.05, 4.69) is 15.9 Å². The first-order valence-corrected chi connectivity index (χ1v) is 7.40. The second kappa shape index (κ2) is 5.21. The van der Waals surface area contributed by atoms with Gasteiger partial charge in [-0.05, 0) is 25.7 Å². The number of nitrogens with zero attached hydrogens (tertiary/aromatic N) is 1. The highest BCUT2D eigenvalue weighted by Crippen LogP contribution is 2.38. The smallest absolute Gasteiger partial charge is 0.248 e. The van der Waals surface area contributed by atoms with E-state index in [1.165, 1.54) is 0 Å². The monoisotopic (exact) mass is 309 g/mol. The molecular formula is C12H18BrF2NO. The summed E-state index contributed by atoms with van der Waals surface area (Å²) < 4.78 is 26.1.